The molecule has 0 saturated heterocycles. The van der Waals surface area contributed by atoms with Crippen LogP contribution in [0.2, 0.25) is 0 Å². The van der Waals surface area contributed by atoms with Gasteiger partial charge in [0.25, 0.3) is 0 Å². The minimum absolute atomic E-state index is 0.356. The lowest BCUT2D eigenvalue weighted by atomic mass is 10.0. The zero-order chi connectivity index (χ0) is 14.4. The van der Waals surface area contributed by atoms with Crippen LogP contribution in [0.25, 0.3) is 0 Å². The van der Waals surface area contributed by atoms with Gasteiger partial charge in [-0.25, -0.2) is 0 Å². The maximum absolute atomic E-state index is 5.49. The lowest BCUT2D eigenvalue weighted by Crippen LogP contribution is -2.18. The van der Waals surface area contributed by atoms with Gasteiger partial charge in [0, 0.05) is 22.2 Å². The van der Waals surface area contributed by atoms with Crippen LogP contribution in [0, 0.1) is 0 Å². The lowest BCUT2D eigenvalue weighted by Gasteiger charge is -2.16. The van der Waals surface area contributed by atoms with E-state index in [1.165, 1.54) is 15.3 Å². The predicted octanol–water partition coefficient (Wildman–Crippen LogP) is 4.21. The van der Waals surface area contributed by atoms with Crippen molar-refractivity contribution in [1.82, 2.24) is 5.32 Å². The number of aryl methyl sites for hydroxylation is 1. The first kappa shape index (κ1) is 15.1. The number of nitrogens with one attached hydrogen (secondary N) is 1. The molecule has 0 aliphatic carbocycles. The molecule has 1 aromatic carbocycles. The Kier molecular flexibility index (Phi) is 5.62. The standard InChI is InChI=1S/C17H23NOS/c1-4-15-10-11-16(20-15)12-17(18-3)13-6-8-14(9-7-13)19-5-2/h6-11,17-18H,4-5,12H2,1-3H3. The van der Waals surface area contributed by atoms with E-state index in [1.807, 2.05) is 25.3 Å². The van der Waals surface area contributed by atoms with Crippen LogP contribution in [0.3, 0.4) is 0 Å². The Morgan fingerprint density at radius 1 is 1.05 bits per heavy atom. The highest BCUT2D eigenvalue weighted by atomic mass is 32.1. The monoisotopic (exact) mass is 289 g/mol. The third-order valence-corrected chi connectivity index (χ3v) is 4.66. The fourth-order valence-electron chi connectivity index (χ4n) is 2.27. The molecule has 1 N–H and O–H groups in total. The molecule has 2 rings (SSSR count). The normalized spacial score (nSPS) is 12.3. The van der Waals surface area contributed by atoms with Gasteiger partial charge in [-0.2, -0.15) is 0 Å². The number of thiophene rings is 1. The van der Waals surface area contributed by atoms with Crippen molar-refractivity contribution >= 4 is 11.3 Å². The summed E-state index contributed by atoms with van der Waals surface area (Å²) in [6.45, 7) is 4.92. The van der Waals surface area contributed by atoms with Gasteiger partial charge < -0.3 is 10.1 Å². The topological polar surface area (TPSA) is 21.3 Å². The summed E-state index contributed by atoms with van der Waals surface area (Å²) in [5.41, 5.74) is 1.31. The fraction of sp³-hybridized carbons (Fsp3) is 0.412. The van der Waals surface area contributed by atoms with E-state index >= 15 is 0 Å². The Morgan fingerprint density at radius 2 is 1.75 bits per heavy atom. The highest BCUT2D eigenvalue weighted by molar-refractivity contribution is 7.11. The smallest absolute Gasteiger partial charge is 0.119 e. The molecule has 108 valence electrons. The largest absolute Gasteiger partial charge is 0.494 e. The molecule has 1 heterocycles. The summed E-state index contributed by atoms with van der Waals surface area (Å²) >= 11 is 1.92. The number of benzene rings is 1. The Morgan fingerprint density at radius 3 is 2.30 bits per heavy atom. The number of rotatable bonds is 7. The molecule has 0 aliphatic rings. The van der Waals surface area contributed by atoms with E-state index in [9.17, 15) is 0 Å². The van der Waals surface area contributed by atoms with Crippen LogP contribution in [-0.2, 0) is 12.8 Å². The average Bonchev–Trinajstić information content (AvgIpc) is 2.94. The molecular formula is C17H23NOS. The summed E-state index contributed by atoms with van der Waals surface area (Å²) in [4.78, 5) is 2.90. The van der Waals surface area contributed by atoms with Gasteiger partial charge in [0.2, 0.25) is 0 Å². The van der Waals surface area contributed by atoms with Crippen molar-refractivity contribution in [2.24, 2.45) is 0 Å². The molecule has 3 heteroatoms. The summed E-state index contributed by atoms with van der Waals surface area (Å²) in [5.74, 6) is 0.940. The van der Waals surface area contributed by atoms with E-state index in [4.69, 9.17) is 4.74 Å². The van der Waals surface area contributed by atoms with Crippen LogP contribution in [-0.4, -0.2) is 13.7 Å². The molecule has 1 atom stereocenters. The van der Waals surface area contributed by atoms with Crippen molar-refractivity contribution in [3.63, 3.8) is 0 Å². The summed E-state index contributed by atoms with van der Waals surface area (Å²) in [5, 5.41) is 3.41. The summed E-state index contributed by atoms with van der Waals surface area (Å²) in [6, 6.07) is 13.3. The van der Waals surface area contributed by atoms with Crippen LogP contribution in [0.5, 0.6) is 5.75 Å². The van der Waals surface area contributed by atoms with Gasteiger partial charge in [0.15, 0.2) is 0 Å². The van der Waals surface area contributed by atoms with Crippen molar-refractivity contribution in [2.75, 3.05) is 13.7 Å². The highest BCUT2D eigenvalue weighted by Crippen LogP contribution is 2.25. The molecule has 2 aromatic rings. The van der Waals surface area contributed by atoms with E-state index in [2.05, 4.69) is 48.6 Å². The second kappa shape index (κ2) is 7.46. The maximum Gasteiger partial charge on any atom is 0.119 e. The predicted molar refractivity (Wildman–Crippen MR) is 86.8 cm³/mol. The third-order valence-electron chi connectivity index (χ3n) is 3.41. The number of ether oxygens (including phenoxy) is 1. The molecule has 1 unspecified atom stereocenters. The summed E-state index contributed by atoms with van der Waals surface area (Å²) in [6.07, 6.45) is 2.16. The molecule has 0 spiro atoms. The van der Waals surface area contributed by atoms with Gasteiger partial charge in [-0.3, -0.25) is 0 Å². The van der Waals surface area contributed by atoms with E-state index in [0.717, 1.165) is 18.6 Å². The van der Waals surface area contributed by atoms with Gasteiger partial charge in [-0.05, 0) is 50.2 Å². The van der Waals surface area contributed by atoms with Crippen molar-refractivity contribution in [1.29, 1.82) is 0 Å². The Hall–Kier alpha value is -1.32. The molecule has 0 saturated carbocycles. The Bertz CT molecular complexity index is 518. The van der Waals surface area contributed by atoms with E-state index < -0.39 is 0 Å². The van der Waals surface area contributed by atoms with Crippen molar-refractivity contribution in [3.8, 4) is 5.75 Å². The van der Waals surface area contributed by atoms with Gasteiger partial charge in [-0.1, -0.05) is 19.1 Å². The quantitative estimate of drug-likeness (QED) is 0.824. The first-order valence-corrected chi connectivity index (χ1v) is 8.06. The first-order chi connectivity index (χ1) is 9.76. The van der Waals surface area contributed by atoms with E-state index in [0.29, 0.717) is 12.6 Å². The molecule has 0 radical (unpaired) electrons. The maximum atomic E-state index is 5.49. The van der Waals surface area contributed by atoms with Gasteiger partial charge in [0.05, 0.1) is 6.61 Å². The SMILES string of the molecule is CCOc1ccc(C(Cc2ccc(CC)s2)NC)cc1. The molecule has 20 heavy (non-hydrogen) atoms. The van der Waals surface area contributed by atoms with Crippen molar-refractivity contribution in [3.05, 3.63) is 51.7 Å². The first-order valence-electron chi connectivity index (χ1n) is 7.24. The summed E-state index contributed by atoms with van der Waals surface area (Å²) < 4.78 is 5.49. The minimum Gasteiger partial charge on any atom is -0.494 e. The molecule has 0 aliphatic heterocycles. The zero-order valence-electron chi connectivity index (χ0n) is 12.5. The van der Waals surface area contributed by atoms with E-state index in [1.54, 1.807) is 0 Å². The van der Waals surface area contributed by atoms with Crippen LogP contribution in [0.1, 0.15) is 35.2 Å². The second-order valence-electron chi connectivity index (χ2n) is 4.77. The van der Waals surface area contributed by atoms with Gasteiger partial charge in [-0.15, -0.1) is 11.3 Å². The Balaban J connectivity index is 2.07. The third kappa shape index (κ3) is 3.84. The minimum atomic E-state index is 0.356. The van der Waals surface area contributed by atoms with Crippen LogP contribution >= 0.6 is 11.3 Å². The average molecular weight is 289 g/mol. The van der Waals surface area contributed by atoms with Crippen LogP contribution in [0.15, 0.2) is 36.4 Å². The second-order valence-corrected chi connectivity index (χ2v) is 6.02. The molecule has 2 nitrogen and oxygen atoms in total. The van der Waals surface area contributed by atoms with Crippen LogP contribution < -0.4 is 10.1 Å². The fourth-order valence-corrected chi connectivity index (χ4v) is 3.28. The van der Waals surface area contributed by atoms with Gasteiger partial charge >= 0.3 is 0 Å². The van der Waals surface area contributed by atoms with Crippen LogP contribution in [0.4, 0.5) is 0 Å². The van der Waals surface area contributed by atoms with E-state index in [-0.39, 0.29) is 0 Å². The molecule has 0 bridgehead atoms. The number of hydrogen-bond acceptors (Lipinski definition) is 3. The van der Waals surface area contributed by atoms with Gasteiger partial charge in [0.1, 0.15) is 5.75 Å². The Labute approximate surface area is 125 Å². The number of hydrogen-bond donors (Lipinski definition) is 1. The van der Waals surface area contributed by atoms with Crippen molar-refractivity contribution in [2.45, 2.75) is 32.7 Å². The molecule has 0 amide bonds. The highest BCUT2D eigenvalue weighted by Gasteiger charge is 2.11. The molecular weight excluding hydrogens is 266 g/mol. The molecule has 1 aromatic heterocycles. The number of likely N-dealkylation sites (N-methyl/N-ethyl adjacent to an activating group) is 1. The molecule has 0 fully saturated rings. The zero-order valence-corrected chi connectivity index (χ0v) is 13.3. The van der Waals surface area contributed by atoms with Crippen molar-refractivity contribution < 1.29 is 4.74 Å². The summed E-state index contributed by atoms with van der Waals surface area (Å²) in [7, 11) is 2.02. The lowest BCUT2D eigenvalue weighted by molar-refractivity contribution is 0.340.